The first-order valence-electron chi connectivity index (χ1n) is 8.41. The van der Waals surface area contributed by atoms with Gasteiger partial charge in [-0.05, 0) is 31.3 Å². The van der Waals surface area contributed by atoms with Crippen molar-refractivity contribution in [3.05, 3.63) is 29.0 Å². The Morgan fingerprint density at radius 2 is 1.65 bits per heavy atom. The second-order valence-corrected chi connectivity index (χ2v) is 6.68. The van der Waals surface area contributed by atoms with Gasteiger partial charge >= 0.3 is 0 Å². The molecule has 2 aliphatic rings. The highest BCUT2D eigenvalue weighted by atomic mass is 32.1. The normalized spacial score (nSPS) is 21.4. The fourth-order valence-electron chi connectivity index (χ4n) is 3.74. The monoisotopic (exact) mass is 333 g/mol. The average Bonchev–Trinajstić information content (AvgIpc) is 3.13. The summed E-state index contributed by atoms with van der Waals surface area (Å²) in [5.74, 6) is -0.310. The van der Waals surface area contributed by atoms with Crippen LogP contribution in [0, 0.1) is 4.77 Å². The molecule has 2 saturated heterocycles. The summed E-state index contributed by atoms with van der Waals surface area (Å²) in [6, 6.07) is 8.47. The van der Waals surface area contributed by atoms with E-state index in [0.717, 1.165) is 57.1 Å². The highest BCUT2D eigenvalue weighted by molar-refractivity contribution is 7.71. The van der Waals surface area contributed by atoms with Gasteiger partial charge in [0.25, 0.3) is 0 Å². The topological polar surface area (TPSA) is 31.6 Å². The summed E-state index contributed by atoms with van der Waals surface area (Å²) in [6.07, 6.45) is 1.87. The van der Waals surface area contributed by atoms with E-state index < -0.39 is 0 Å². The van der Waals surface area contributed by atoms with Crippen molar-refractivity contribution in [2.45, 2.75) is 38.8 Å². The number of benzene rings is 1. The first-order chi connectivity index (χ1) is 11.2. The summed E-state index contributed by atoms with van der Waals surface area (Å²) < 4.78 is 17.0. The van der Waals surface area contributed by atoms with E-state index in [1.807, 2.05) is 0 Å². The van der Waals surface area contributed by atoms with Crippen LogP contribution < -0.4 is 0 Å². The molecular formula is C17H23N3O2S. The van der Waals surface area contributed by atoms with Crippen LogP contribution in [-0.2, 0) is 22.7 Å². The lowest BCUT2D eigenvalue weighted by Crippen LogP contribution is -2.45. The third-order valence-electron chi connectivity index (χ3n) is 5.01. The number of ether oxygens (including phenoxy) is 2. The molecule has 0 unspecified atom stereocenters. The molecule has 1 aromatic carbocycles. The molecule has 2 aliphatic heterocycles. The predicted molar refractivity (Wildman–Crippen MR) is 91.9 cm³/mol. The summed E-state index contributed by atoms with van der Waals surface area (Å²) in [5, 5.41) is 0. The van der Waals surface area contributed by atoms with Gasteiger partial charge < -0.3 is 18.6 Å². The third kappa shape index (κ3) is 2.63. The van der Waals surface area contributed by atoms with Gasteiger partial charge in [0.1, 0.15) is 0 Å². The zero-order valence-electron chi connectivity index (χ0n) is 13.5. The first kappa shape index (κ1) is 15.3. The quantitative estimate of drug-likeness (QED) is 0.808. The van der Waals surface area contributed by atoms with Gasteiger partial charge in [-0.2, -0.15) is 0 Å². The number of aryl methyl sites for hydroxylation is 1. The van der Waals surface area contributed by atoms with E-state index in [-0.39, 0.29) is 5.79 Å². The number of para-hydroxylation sites is 2. The van der Waals surface area contributed by atoms with Crippen molar-refractivity contribution in [2.75, 3.05) is 26.3 Å². The molecule has 5 nitrogen and oxygen atoms in total. The fraction of sp³-hybridized carbons (Fsp3) is 0.588. The highest BCUT2D eigenvalue weighted by Crippen LogP contribution is 2.31. The lowest BCUT2D eigenvalue weighted by Gasteiger charge is -2.37. The molecular weight excluding hydrogens is 310 g/mol. The lowest BCUT2D eigenvalue weighted by atomic mass is 10.0. The summed E-state index contributed by atoms with van der Waals surface area (Å²) in [6.45, 7) is 7.30. The van der Waals surface area contributed by atoms with Crippen LogP contribution in [0.4, 0.5) is 0 Å². The third-order valence-corrected chi connectivity index (χ3v) is 5.45. The Labute approximate surface area is 141 Å². The largest absolute Gasteiger partial charge is 0.347 e. The molecule has 0 radical (unpaired) electrons. The van der Waals surface area contributed by atoms with Crippen LogP contribution in [-0.4, -0.2) is 46.1 Å². The van der Waals surface area contributed by atoms with Crippen molar-refractivity contribution in [2.24, 2.45) is 0 Å². The maximum Gasteiger partial charge on any atom is 0.181 e. The number of fused-ring (bicyclic) bond motifs is 1. The minimum Gasteiger partial charge on any atom is -0.347 e. The molecule has 4 rings (SSSR count). The van der Waals surface area contributed by atoms with Gasteiger partial charge in [0, 0.05) is 32.5 Å². The van der Waals surface area contributed by atoms with Gasteiger partial charge in [0.05, 0.1) is 30.9 Å². The van der Waals surface area contributed by atoms with E-state index >= 15 is 0 Å². The number of hydrogen-bond acceptors (Lipinski definition) is 4. The van der Waals surface area contributed by atoms with Crippen molar-refractivity contribution in [1.82, 2.24) is 14.0 Å². The van der Waals surface area contributed by atoms with Crippen LogP contribution >= 0.6 is 12.2 Å². The molecule has 2 aromatic rings. The van der Waals surface area contributed by atoms with Crippen LogP contribution in [0.15, 0.2) is 24.3 Å². The number of aromatic nitrogens is 2. The molecule has 0 bridgehead atoms. The zero-order valence-corrected chi connectivity index (χ0v) is 14.3. The number of hydrogen-bond donors (Lipinski definition) is 0. The standard InChI is InChI=1S/C17H23N3O2S/c1-2-19-14-5-3-4-6-15(14)20(16(19)23)13-18-9-7-17(8-10-18)21-11-12-22-17/h3-6H,2,7-13H2,1H3. The van der Waals surface area contributed by atoms with Crippen LogP contribution in [0.2, 0.25) is 0 Å². The van der Waals surface area contributed by atoms with E-state index in [1.54, 1.807) is 0 Å². The summed E-state index contributed by atoms with van der Waals surface area (Å²) in [7, 11) is 0. The minimum atomic E-state index is -0.310. The first-order valence-corrected chi connectivity index (χ1v) is 8.82. The Bertz CT molecular complexity index is 751. The Morgan fingerprint density at radius 1 is 1.04 bits per heavy atom. The van der Waals surface area contributed by atoms with E-state index in [4.69, 9.17) is 21.7 Å². The molecule has 124 valence electrons. The van der Waals surface area contributed by atoms with Crippen molar-refractivity contribution < 1.29 is 9.47 Å². The van der Waals surface area contributed by atoms with E-state index in [9.17, 15) is 0 Å². The predicted octanol–water partition coefficient (Wildman–Crippen LogP) is 2.99. The van der Waals surface area contributed by atoms with Crippen molar-refractivity contribution >= 4 is 23.3 Å². The minimum absolute atomic E-state index is 0.310. The molecule has 3 heterocycles. The maximum atomic E-state index is 5.82. The molecule has 0 saturated carbocycles. The summed E-state index contributed by atoms with van der Waals surface area (Å²) >= 11 is 5.71. The molecule has 6 heteroatoms. The van der Waals surface area contributed by atoms with Gasteiger partial charge in [0.15, 0.2) is 10.6 Å². The average molecular weight is 333 g/mol. The number of rotatable bonds is 3. The second kappa shape index (κ2) is 6.02. The molecule has 0 amide bonds. The van der Waals surface area contributed by atoms with Gasteiger partial charge in [-0.3, -0.25) is 4.90 Å². The molecule has 1 aromatic heterocycles. The molecule has 0 aliphatic carbocycles. The SMILES string of the molecule is CCn1c(=S)n(CN2CCC3(CC2)OCCO3)c2ccccc21. The van der Waals surface area contributed by atoms with Crippen LogP contribution in [0.3, 0.4) is 0 Å². The number of imidazole rings is 1. The maximum absolute atomic E-state index is 5.82. The smallest absolute Gasteiger partial charge is 0.181 e. The fourth-order valence-corrected chi connectivity index (χ4v) is 4.12. The second-order valence-electron chi connectivity index (χ2n) is 6.31. The zero-order chi connectivity index (χ0) is 15.9. The van der Waals surface area contributed by atoms with E-state index in [2.05, 4.69) is 45.2 Å². The van der Waals surface area contributed by atoms with Gasteiger partial charge in [-0.15, -0.1) is 0 Å². The van der Waals surface area contributed by atoms with Crippen molar-refractivity contribution in [1.29, 1.82) is 0 Å². The Hall–Kier alpha value is -1.21. The van der Waals surface area contributed by atoms with E-state index in [1.165, 1.54) is 11.0 Å². The lowest BCUT2D eigenvalue weighted by molar-refractivity contribution is -0.187. The molecule has 0 N–H and O–H groups in total. The Balaban J connectivity index is 1.57. The van der Waals surface area contributed by atoms with Gasteiger partial charge in [-0.1, -0.05) is 12.1 Å². The summed E-state index contributed by atoms with van der Waals surface area (Å²) in [4.78, 5) is 2.44. The van der Waals surface area contributed by atoms with Gasteiger partial charge in [0.2, 0.25) is 0 Å². The highest BCUT2D eigenvalue weighted by Gasteiger charge is 2.39. The Kier molecular flexibility index (Phi) is 4.01. The number of piperidine rings is 1. The molecule has 2 fully saturated rings. The Morgan fingerprint density at radius 3 is 2.26 bits per heavy atom. The molecule has 23 heavy (non-hydrogen) atoms. The summed E-state index contributed by atoms with van der Waals surface area (Å²) in [5.41, 5.74) is 2.43. The van der Waals surface area contributed by atoms with Crippen LogP contribution in [0.25, 0.3) is 11.0 Å². The van der Waals surface area contributed by atoms with Crippen LogP contribution in [0.1, 0.15) is 19.8 Å². The van der Waals surface area contributed by atoms with Crippen LogP contribution in [0.5, 0.6) is 0 Å². The molecule has 0 atom stereocenters. The van der Waals surface area contributed by atoms with Crippen molar-refractivity contribution in [3.63, 3.8) is 0 Å². The number of nitrogens with zero attached hydrogens (tertiary/aromatic N) is 3. The van der Waals surface area contributed by atoms with Crippen molar-refractivity contribution in [3.8, 4) is 0 Å². The van der Waals surface area contributed by atoms with E-state index in [0.29, 0.717) is 0 Å². The number of likely N-dealkylation sites (tertiary alicyclic amines) is 1. The van der Waals surface area contributed by atoms with Gasteiger partial charge in [-0.25, -0.2) is 0 Å². The molecule has 1 spiro atoms.